The van der Waals surface area contributed by atoms with E-state index in [-0.39, 0.29) is 17.2 Å². The van der Waals surface area contributed by atoms with Crippen LogP contribution in [0.1, 0.15) is 33.3 Å². The standard InChI is InChI=1S/C21H16F3N3O2/c1-13(28)14-4-2-6-16(10-14)26-18-8-9-19(25-12-18)20(29)27-17-7-3-5-15(11-17)21(22,23)24/h2-12,26H,1H3,(H,27,29). The van der Waals surface area contributed by atoms with E-state index in [4.69, 9.17) is 0 Å². The van der Waals surface area contributed by atoms with E-state index in [0.29, 0.717) is 16.9 Å². The molecule has 0 aliphatic rings. The summed E-state index contributed by atoms with van der Waals surface area (Å²) in [5, 5.41) is 5.47. The van der Waals surface area contributed by atoms with Crippen LogP contribution in [0.3, 0.4) is 0 Å². The van der Waals surface area contributed by atoms with E-state index in [1.165, 1.54) is 31.3 Å². The number of aromatic nitrogens is 1. The number of ketones is 1. The Balaban J connectivity index is 1.69. The van der Waals surface area contributed by atoms with Gasteiger partial charge in [0.15, 0.2) is 5.78 Å². The fourth-order valence-electron chi connectivity index (χ4n) is 2.55. The molecule has 0 fully saturated rings. The number of rotatable bonds is 5. The molecule has 0 aliphatic heterocycles. The minimum absolute atomic E-state index is 0.0230. The van der Waals surface area contributed by atoms with Crippen LogP contribution in [0, 0.1) is 0 Å². The van der Waals surface area contributed by atoms with Crippen LogP contribution in [-0.2, 0) is 6.18 Å². The topological polar surface area (TPSA) is 71.1 Å². The number of pyridine rings is 1. The summed E-state index contributed by atoms with van der Waals surface area (Å²) < 4.78 is 38.3. The summed E-state index contributed by atoms with van der Waals surface area (Å²) in [5.41, 5.74) is 1.04. The van der Waals surface area contributed by atoms with Crippen LogP contribution in [-0.4, -0.2) is 16.7 Å². The monoisotopic (exact) mass is 399 g/mol. The molecule has 3 rings (SSSR count). The van der Waals surface area contributed by atoms with Crippen LogP contribution >= 0.6 is 0 Å². The molecule has 8 heteroatoms. The lowest BCUT2D eigenvalue weighted by molar-refractivity contribution is -0.137. The molecule has 0 radical (unpaired) electrons. The number of carbonyl (C=O) groups excluding carboxylic acids is 2. The van der Waals surface area contributed by atoms with Crippen molar-refractivity contribution in [3.8, 4) is 0 Å². The summed E-state index contributed by atoms with van der Waals surface area (Å²) in [5.74, 6) is -0.692. The molecular weight excluding hydrogens is 383 g/mol. The maximum absolute atomic E-state index is 12.8. The first-order valence-electron chi connectivity index (χ1n) is 8.55. The van der Waals surface area contributed by atoms with Crippen LogP contribution in [0.4, 0.5) is 30.2 Å². The second-order valence-corrected chi connectivity index (χ2v) is 6.23. The molecule has 0 aliphatic carbocycles. The first kappa shape index (κ1) is 20.1. The first-order chi connectivity index (χ1) is 13.7. The number of alkyl halides is 3. The average molecular weight is 399 g/mol. The highest BCUT2D eigenvalue weighted by Crippen LogP contribution is 2.30. The number of carbonyl (C=O) groups is 2. The molecule has 0 bridgehead atoms. The van der Waals surface area contributed by atoms with Crippen LogP contribution < -0.4 is 10.6 Å². The molecule has 29 heavy (non-hydrogen) atoms. The predicted molar refractivity (Wildman–Crippen MR) is 103 cm³/mol. The lowest BCUT2D eigenvalue weighted by atomic mass is 10.1. The van der Waals surface area contributed by atoms with E-state index < -0.39 is 17.6 Å². The third kappa shape index (κ3) is 5.19. The molecule has 0 saturated carbocycles. The van der Waals surface area contributed by atoms with Crippen molar-refractivity contribution in [2.45, 2.75) is 13.1 Å². The van der Waals surface area contributed by atoms with Crippen LogP contribution in [0.25, 0.3) is 0 Å². The van der Waals surface area contributed by atoms with Gasteiger partial charge in [0, 0.05) is 16.9 Å². The van der Waals surface area contributed by atoms with Gasteiger partial charge in [-0.3, -0.25) is 9.59 Å². The Hall–Kier alpha value is -3.68. The van der Waals surface area contributed by atoms with E-state index in [9.17, 15) is 22.8 Å². The molecule has 2 aromatic carbocycles. The highest BCUT2D eigenvalue weighted by molar-refractivity contribution is 6.03. The number of nitrogens with zero attached hydrogens (tertiary/aromatic N) is 1. The van der Waals surface area contributed by atoms with Crippen molar-refractivity contribution in [1.29, 1.82) is 0 Å². The quantitative estimate of drug-likeness (QED) is 0.571. The number of benzene rings is 2. The second-order valence-electron chi connectivity index (χ2n) is 6.23. The number of hydrogen-bond acceptors (Lipinski definition) is 4. The fraction of sp³-hybridized carbons (Fsp3) is 0.0952. The van der Waals surface area contributed by atoms with E-state index in [1.54, 1.807) is 30.3 Å². The van der Waals surface area contributed by atoms with Gasteiger partial charge < -0.3 is 10.6 Å². The zero-order valence-corrected chi connectivity index (χ0v) is 15.2. The Labute approximate surface area is 164 Å². The van der Waals surface area contributed by atoms with Crippen LogP contribution in [0.5, 0.6) is 0 Å². The van der Waals surface area contributed by atoms with Gasteiger partial charge in [-0.1, -0.05) is 18.2 Å². The highest BCUT2D eigenvalue weighted by atomic mass is 19.4. The third-order valence-electron chi connectivity index (χ3n) is 4.00. The van der Waals surface area contributed by atoms with E-state index >= 15 is 0 Å². The number of anilines is 3. The molecule has 0 spiro atoms. The third-order valence-corrected chi connectivity index (χ3v) is 4.00. The Morgan fingerprint density at radius 1 is 0.897 bits per heavy atom. The Morgan fingerprint density at radius 2 is 1.62 bits per heavy atom. The van der Waals surface area contributed by atoms with Crippen LogP contribution in [0.2, 0.25) is 0 Å². The van der Waals surface area contributed by atoms with E-state index in [2.05, 4.69) is 15.6 Å². The van der Waals surface area contributed by atoms with E-state index in [1.807, 2.05) is 0 Å². The van der Waals surface area contributed by atoms with Crippen molar-refractivity contribution in [2.75, 3.05) is 10.6 Å². The van der Waals surface area contributed by atoms with Crippen LogP contribution in [0.15, 0.2) is 66.9 Å². The van der Waals surface area contributed by atoms with Crippen molar-refractivity contribution in [3.63, 3.8) is 0 Å². The highest BCUT2D eigenvalue weighted by Gasteiger charge is 2.30. The van der Waals surface area contributed by atoms with Crippen molar-refractivity contribution in [2.24, 2.45) is 0 Å². The SMILES string of the molecule is CC(=O)c1cccc(Nc2ccc(C(=O)Nc3cccc(C(F)(F)F)c3)nc2)c1. The Bertz CT molecular complexity index is 1050. The maximum Gasteiger partial charge on any atom is 0.416 e. The maximum atomic E-state index is 12.8. The normalized spacial score (nSPS) is 11.0. The molecule has 2 N–H and O–H groups in total. The first-order valence-corrected chi connectivity index (χ1v) is 8.55. The second kappa shape index (κ2) is 8.14. The van der Waals surface area contributed by atoms with Crippen molar-refractivity contribution < 1.29 is 22.8 Å². The molecule has 1 amide bonds. The fourth-order valence-corrected chi connectivity index (χ4v) is 2.55. The molecule has 1 aromatic heterocycles. The lowest BCUT2D eigenvalue weighted by Gasteiger charge is -2.10. The van der Waals surface area contributed by atoms with Crippen molar-refractivity contribution >= 4 is 28.8 Å². The van der Waals surface area contributed by atoms with Gasteiger partial charge in [-0.05, 0) is 49.4 Å². The number of halogens is 3. The summed E-state index contributed by atoms with van der Waals surface area (Å²) >= 11 is 0. The summed E-state index contributed by atoms with van der Waals surface area (Å²) in [6, 6.07) is 14.3. The van der Waals surface area contributed by atoms with Gasteiger partial charge in [0.25, 0.3) is 5.91 Å². The van der Waals surface area contributed by atoms with Gasteiger partial charge in [-0.15, -0.1) is 0 Å². The minimum atomic E-state index is -4.49. The molecule has 3 aromatic rings. The van der Waals surface area contributed by atoms with Gasteiger partial charge in [0.05, 0.1) is 17.4 Å². The van der Waals surface area contributed by atoms with Gasteiger partial charge >= 0.3 is 6.18 Å². The predicted octanol–water partition coefficient (Wildman–Crippen LogP) is 5.30. The van der Waals surface area contributed by atoms with E-state index in [0.717, 1.165) is 12.1 Å². The molecule has 5 nitrogen and oxygen atoms in total. The number of hydrogen-bond donors (Lipinski definition) is 2. The number of amides is 1. The lowest BCUT2D eigenvalue weighted by Crippen LogP contribution is -2.14. The average Bonchev–Trinajstić information content (AvgIpc) is 2.68. The minimum Gasteiger partial charge on any atom is -0.354 e. The summed E-state index contributed by atoms with van der Waals surface area (Å²) in [6.07, 6.45) is -3.08. The molecule has 0 unspecified atom stereocenters. The van der Waals surface area contributed by atoms with Gasteiger partial charge in [-0.2, -0.15) is 13.2 Å². The Kier molecular flexibility index (Phi) is 5.63. The van der Waals surface area contributed by atoms with Gasteiger partial charge in [0.2, 0.25) is 0 Å². The summed E-state index contributed by atoms with van der Waals surface area (Å²) in [7, 11) is 0. The molecule has 148 valence electrons. The zero-order valence-electron chi connectivity index (χ0n) is 15.2. The largest absolute Gasteiger partial charge is 0.416 e. The number of nitrogens with one attached hydrogen (secondary N) is 2. The van der Waals surface area contributed by atoms with Crippen molar-refractivity contribution in [3.05, 3.63) is 83.7 Å². The number of Topliss-reactive ketones (excluding diaryl/α,β-unsaturated/α-hetero) is 1. The molecule has 1 heterocycles. The zero-order chi connectivity index (χ0) is 21.0. The summed E-state index contributed by atoms with van der Waals surface area (Å²) in [4.78, 5) is 27.7. The molecular formula is C21H16F3N3O2. The Morgan fingerprint density at radius 3 is 2.28 bits per heavy atom. The van der Waals surface area contributed by atoms with Crippen molar-refractivity contribution in [1.82, 2.24) is 4.98 Å². The molecule has 0 saturated heterocycles. The van der Waals surface area contributed by atoms with Gasteiger partial charge in [-0.25, -0.2) is 4.98 Å². The molecule has 0 atom stereocenters. The smallest absolute Gasteiger partial charge is 0.354 e. The van der Waals surface area contributed by atoms with Gasteiger partial charge in [0.1, 0.15) is 5.69 Å². The summed E-state index contributed by atoms with van der Waals surface area (Å²) in [6.45, 7) is 1.47.